The topological polar surface area (TPSA) is 125 Å². The Hall–Kier alpha value is -4.93. The molecule has 1 atom stereocenters. The van der Waals surface area contributed by atoms with E-state index in [1.807, 2.05) is 6.07 Å². The Morgan fingerprint density at radius 2 is 1.49 bits per heavy atom. The number of carbonyl (C=O) groups excluding carboxylic acids is 1. The van der Waals surface area contributed by atoms with Gasteiger partial charge in [0, 0.05) is 34.8 Å². The average molecular weight is 564 g/mol. The molecular weight excluding hydrogens is 534 g/mol. The van der Waals surface area contributed by atoms with Crippen molar-refractivity contribution in [2.24, 2.45) is 5.92 Å². The molecule has 0 bridgehead atoms. The molecular formula is C30H29NO10. The molecule has 0 aromatic heterocycles. The van der Waals surface area contributed by atoms with Gasteiger partial charge in [-0.2, -0.15) is 0 Å². The van der Waals surface area contributed by atoms with E-state index in [0.717, 1.165) is 5.56 Å². The van der Waals surface area contributed by atoms with Gasteiger partial charge in [0.05, 0.1) is 47.1 Å². The van der Waals surface area contributed by atoms with Crippen LogP contribution in [-0.4, -0.2) is 53.0 Å². The summed E-state index contributed by atoms with van der Waals surface area (Å²) in [6.07, 6.45) is 2.26. The van der Waals surface area contributed by atoms with Crippen molar-refractivity contribution in [2.75, 3.05) is 42.2 Å². The molecule has 0 saturated carbocycles. The number of cyclic esters (lactones) is 1. The minimum absolute atomic E-state index is 0.0186. The number of rotatable bonds is 9. The van der Waals surface area contributed by atoms with Gasteiger partial charge in [-0.25, -0.2) is 4.79 Å². The van der Waals surface area contributed by atoms with Crippen LogP contribution in [0.25, 0.3) is 17.2 Å². The highest BCUT2D eigenvalue weighted by Crippen LogP contribution is 2.56. The number of esters is 1. The molecule has 1 fully saturated rings. The quantitative estimate of drug-likeness (QED) is 0.200. The highest BCUT2D eigenvalue weighted by atomic mass is 16.6. The normalized spacial score (nSPS) is 16.5. The van der Waals surface area contributed by atoms with Gasteiger partial charge in [0.25, 0.3) is 5.69 Å². The van der Waals surface area contributed by atoms with Gasteiger partial charge >= 0.3 is 5.97 Å². The monoisotopic (exact) mass is 563 g/mol. The number of nitro groups is 1. The van der Waals surface area contributed by atoms with E-state index in [0.29, 0.717) is 68.7 Å². The number of non-ortho nitro benzene ring substituents is 1. The van der Waals surface area contributed by atoms with E-state index in [-0.39, 0.29) is 30.8 Å². The lowest BCUT2D eigenvalue weighted by Crippen LogP contribution is -2.13. The molecule has 3 aromatic rings. The molecule has 41 heavy (non-hydrogen) atoms. The molecule has 0 radical (unpaired) electrons. The van der Waals surface area contributed by atoms with Gasteiger partial charge in [-0.05, 0) is 53.5 Å². The van der Waals surface area contributed by atoms with Crippen LogP contribution in [0, 0.1) is 16.0 Å². The van der Waals surface area contributed by atoms with Gasteiger partial charge in [-0.3, -0.25) is 10.1 Å². The van der Waals surface area contributed by atoms with Crippen LogP contribution in [0.5, 0.6) is 34.5 Å². The van der Waals surface area contributed by atoms with Crippen LogP contribution < -0.4 is 28.4 Å². The average Bonchev–Trinajstić information content (AvgIpc) is 3.31. The lowest BCUT2D eigenvalue weighted by molar-refractivity contribution is -0.384. The Kier molecular flexibility index (Phi) is 7.60. The van der Waals surface area contributed by atoms with Crippen molar-refractivity contribution in [3.63, 3.8) is 0 Å². The standard InChI is InChI=1S/C30H29NO10/c1-35-22-12-17-10-19-15-41-30(32)21(19)11-18-13-23(36-2)27(40-14-16-6-8-20(9-7-16)31(33)34)29(39-5)25(18)24(17)28(38-4)26(22)37-3/h6-9,11-13,19H,10,14-15H2,1-5H3/b21-11+. The minimum Gasteiger partial charge on any atom is -0.493 e. The highest BCUT2D eigenvalue weighted by Gasteiger charge is 2.37. The second-order valence-corrected chi connectivity index (χ2v) is 9.40. The van der Waals surface area contributed by atoms with Crippen molar-refractivity contribution >= 4 is 17.7 Å². The predicted molar refractivity (Wildman–Crippen MR) is 148 cm³/mol. The third-order valence-corrected chi connectivity index (χ3v) is 7.22. The molecule has 0 N–H and O–H groups in total. The number of methoxy groups -OCH3 is 5. The zero-order valence-electron chi connectivity index (χ0n) is 23.3. The first-order valence-corrected chi connectivity index (χ1v) is 12.7. The number of benzene rings is 3. The Balaban J connectivity index is 1.76. The first-order valence-electron chi connectivity index (χ1n) is 12.7. The zero-order valence-corrected chi connectivity index (χ0v) is 23.3. The zero-order chi connectivity index (χ0) is 29.3. The summed E-state index contributed by atoms with van der Waals surface area (Å²) in [5.41, 5.74) is 3.98. The van der Waals surface area contributed by atoms with Crippen molar-refractivity contribution in [3.05, 3.63) is 68.8 Å². The van der Waals surface area contributed by atoms with Crippen molar-refractivity contribution in [1.29, 1.82) is 0 Å². The first-order chi connectivity index (χ1) is 19.8. The van der Waals surface area contributed by atoms with Gasteiger partial charge in [-0.15, -0.1) is 0 Å². The van der Waals surface area contributed by atoms with Gasteiger partial charge in [0.1, 0.15) is 6.61 Å². The van der Waals surface area contributed by atoms with Crippen molar-refractivity contribution in [2.45, 2.75) is 13.0 Å². The van der Waals surface area contributed by atoms with Crippen molar-refractivity contribution in [1.82, 2.24) is 0 Å². The summed E-state index contributed by atoms with van der Waals surface area (Å²) in [6.45, 7) is 0.329. The molecule has 214 valence electrons. The molecule has 1 aliphatic carbocycles. The highest BCUT2D eigenvalue weighted by molar-refractivity contribution is 6.00. The first kappa shape index (κ1) is 27.6. The van der Waals surface area contributed by atoms with Crippen molar-refractivity contribution in [3.8, 4) is 45.6 Å². The van der Waals surface area contributed by atoms with E-state index >= 15 is 0 Å². The summed E-state index contributed by atoms with van der Waals surface area (Å²) in [6, 6.07) is 9.71. The molecule has 5 rings (SSSR count). The molecule has 1 heterocycles. The molecule has 0 spiro atoms. The number of fused-ring (bicyclic) bond motifs is 4. The fourth-order valence-corrected chi connectivity index (χ4v) is 5.30. The smallest absolute Gasteiger partial charge is 0.334 e. The van der Waals surface area contributed by atoms with Crippen LogP contribution in [0.15, 0.2) is 42.0 Å². The Labute approximate surface area is 236 Å². The van der Waals surface area contributed by atoms with Gasteiger partial charge in [0.2, 0.25) is 11.5 Å². The summed E-state index contributed by atoms with van der Waals surface area (Å²) in [4.78, 5) is 23.4. The van der Waals surface area contributed by atoms with Gasteiger partial charge in [-0.1, -0.05) is 0 Å². The minimum atomic E-state index is -0.459. The van der Waals surface area contributed by atoms with Crippen molar-refractivity contribution < 1.29 is 42.9 Å². The van der Waals surface area contributed by atoms with Gasteiger partial charge in [0.15, 0.2) is 23.0 Å². The molecule has 2 aliphatic rings. The van der Waals surface area contributed by atoms with Crippen LogP contribution in [-0.2, 0) is 22.6 Å². The molecule has 0 amide bonds. The van der Waals surface area contributed by atoms with Crippen LogP contribution in [0.4, 0.5) is 5.69 Å². The van der Waals surface area contributed by atoms with E-state index in [1.165, 1.54) is 33.5 Å². The van der Waals surface area contributed by atoms with E-state index in [9.17, 15) is 14.9 Å². The summed E-state index contributed by atoms with van der Waals surface area (Å²) in [5.74, 6) is 1.74. The number of nitro benzene ring substituents is 1. The van der Waals surface area contributed by atoms with Gasteiger partial charge < -0.3 is 33.2 Å². The van der Waals surface area contributed by atoms with Crippen LogP contribution in [0.1, 0.15) is 16.7 Å². The summed E-state index contributed by atoms with van der Waals surface area (Å²) < 4.78 is 40.6. The fraction of sp³-hybridized carbons (Fsp3) is 0.300. The largest absolute Gasteiger partial charge is 0.493 e. The molecule has 11 nitrogen and oxygen atoms in total. The maximum Gasteiger partial charge on any atom is 0.334 e. The Morgan fingerprint density at radius 1 is 0.854 bits per heavy atom. The number of carbonyl (C=O) groups is 1. The molecule has 1 saturated heterocycles. The van der Waals surface area contributed by atoms with E-state index in [2.05, 4.69) is 0 Å². The predicted octanol–water partition coefficient (Wildman–Crippen LogP) is 5.00. The Morgan fingerprint density at radius 3 is 2.10 bits per heavy atom. The lowest BCUT2D eigenvalue weighted by atomic mass is 9.82. The maximum atomic E-state index is 12.8. The van der Waals surface area contributed by atoms with E-state index in [1.54, 1.807) is 38.5 Å². The van der Waals surface area contributed by atoms with Crippen LogP contribution >= 0.6 is 0 Å². The maximum absolute atomic E-state index is 12.8. The number of ether oxygens (including phenoxy) is 7. The molecule has 11 heteroatoms. The number of hydrogen-bond donors (Lipinski definition) is 0. The van der Waals surface area contributed by atoms with Crippen LogP contribution in [0.2, 0.25) is 0 Å². The lowest BCUT2D eigenvalue weighted by Gasteiger charge is -2.27. The SMILES string of the molecule is COc1cc2c(c(OC)c1OCc1ccc([N+](=O)[O-])cc1)-c1c(cc(OC)c(OC)c1OC)CC1COC(=O)/C1=C/2. The second-order valence-electron chi connectivity index (χ2n) is 9.40. The Bertz CT molecular complexity index is 1540. The molecule has 1 aliphatic heterocycles. The summed E-state index contributed by atoms with van der Waals surface area (Å²) in [5, 5.41) is 11.1. The number of nitrogens with zero attached hydrogens (tertiary/aromatic N) is 1. The fourth-order valence-electron chi connectivity index (χ4n) is 5.30. The number of hydrogen-bond acceptors (Lipinski definition) is 10. The summed E-state index contributed by atoms with van der Waals surface area (Å²) >= 11 is 0. The van der Waals surface area contributed by atoms with E-state index < -0.39 is 4.92 Å². The second kappa shape index (κ2) is 11.3. The van der Waals surface area contributed by atoms with E-state index in [4.69, 9.17) is 33.2 Å². The molecule has 3 aromatic carbocycles. The summed E-state index contributed by atoms with van der Waals surface area (Å²) in [7, 11) is 7.64. The third-order valence-electron chi connectivity index (χ3n) is 7.22. The van der Waals surface area contributed by atoms with Crippen LogP contribution in [0.3, 0.4) is 0 Å². The molecule has 1 unspecified atom stereocenters. The third kappa shape index (κ3) is 4.83.